The van der Waals surface area contributed by atoms with Gasteiger partial charge in [-0.2, -0.15) is 0 Å². The van der Waals surface area contributed by atoms with Gasteiger partial charge in [-0.05, 0) is 36.8 Å². The Hall–Kier alpha value is -2.83. The van der Waals surface area contributed by atoms with Gasteiger partial charge in [0, 0.05) is 17.8 Å². The van der Waals surface area contributed by atoms with E-state index in [-0.39, 0.29) is 5.69 Å². The summed E-state index contributed by atoms with van der Waals surface area (Å²) < 4.78 is 26.8. The largest absolute Gasteiger partial charge is 0.322 e. The molecule has 0 saturated heterocycles. The number of anilines is 1. The van der Waals surface area contributed by atoms with Crippen molar-refractivity contribution in [2.45, 2.75) is 6.92 Å². The van der Waals surface area contributed by atoms with Crippen LogP contribution in [-0.4, -0.2) is 10.8 Å². The molecule has 7 heteroatoms. The summed E-state index contributed by atoms with van der Waals surface area (Å²) in [5.74, 6) is -2.34. The van der Waals surface area contributed by atoms with Crippen LogP contribution in [0.15, 0.2) is 36.4 Å². The van der Waals surface area contributed by atoms with Crippen LogP contribution in [0.5, 0.6) is 0 Å². The number of rotatable bonds is 3. The quantitative estimate of drug-likeness (QED) is 0.695. The number of nitrogens with one attached hydrogen (secondary N) is 1. The number of amides is 1. The van der Waals surface area contributed by atoms with E-state index in [1.54, 1.807) is 6.92 Å². The Morgan fingerprint density at radius 1 is 1.19 bits per heavy atom. The predicted molar refractivity (Wildman–Crippen MR) is 72.1 cm³/mol. The van der Waals surface area contributed by atoms with Crippen molar-refractivity contribution in [1.82, 2.24) is 0 Å². The number of non-ortho nitro benzene ring substituents is 1. The van der Waals surface area contributed by atoms with Crippen LogP contribution in [0.1, 0.15) is 15.9 Å². The average molecular weight is 292 g/mol. The normalized spacial score (nSPS) is 10.2. The first kappa shape index (κ1) is 14.6. The Balaban J connectivity index is 2.31. The number of hydrogen-bond donors (Lipinski definition) is 1. The molecule has 0 aliphatic rings. The van der Waals surface area contributed by atoms with Crippen molar-refractivity contribution in [3.8, 4) is 0 Å². The van der Waals surface area contributed by atoms with E-state index in [4.69, 9.17) is 0 Å². The smallest absolute Gasteiger partial charge is 0.270 e. The monoisotopic (exact) mass is 292 g/mol. The van der Waals surface area contributed by atoms with Crippen LogP contribution in [0.25, 0.3) is 0 Å². The van der Waals surface area contributed by atoms with Crippen molar-refractivity contribution in [1.29, 1.82) is 0 Å². The van der Waals surface area contributed by atoms with Crippen LogP contribution in [-0.2, 0) is 0 Å². The third kappa shape index (κ3) is 3.38. The van der Waals surface area contributed by atoms with Crippen molar-refractivity contribution >= 4 is 17.3 Å². The van der Waals surface area contributed by atoms with Gasteiger partial charge in [0.05, 0.1) is 10.5 Å². The molecule has 0 aliphatic carbocycles. The average Bonchev–Trinajstić information content (AvgIpc) is 2.37. The minimum absolute atomic E-state index is 0.142. The zero-order valence-corrected chi connectivity index (χ0v) is 10.9. The molecule has 2 aromatic rings. The molecule has 0 saturated carbocycles. The molecule has 2 rings (SSSR count). The highest BCUT2D eigenvalue weighted by Gasteiger charge is 2.17. The van der Waals surface area contributed by atoms with E-state index in [9.17, 15) is 23.7 Å². The van der Waals surface area contributed by atoms with Gasteiger partial charge in [0.15, 0.2) is 0 Å². The summed E-state index contributed by atoms with van der Waals surface area (Å²) in [6.45, 7) is 1.63. The maximum atomic E-state index is 13.6. The summed E-state index contributed by atoms with van der Waals surface area (Å²) in [5.41, 5.74) is -0.170. The molecule has 0 atom stereocenters. The van der Waals surface area contributed by atoms with Crippen molar-refractivity contribution in [3.63, 3.8) is 0 Å². The number of carbonyl (C=O) groups is 1. The molecular weight excluding hydrogens is 282 g/mol. The van der Waals surface area contributed by atoms with Gasteiger partial charge in [-0.1, -0.05) is 0 Å². The number of halogens is 2. The van der Waals surface area contributed by atoms with Crippen LogP contribution in [0, 0.1) is 28.7 Å². The van der Waals surface area contributed by atoms with Gasteiger partial charge in [0.1, 0.15) is 11.6 Å². The molecule has 1 amide bonds. The van der Waals surface area contributed by atoms with E-state index in [1.165, 1.54) is 12.1 Å². The first-order valence-corrected chi connectivity index (χ1v) is 5.89. The molecule has 108 valence electrons. The third-order valence-electron chi connectivity index (χ3n) is 2.71. The summed E-state index contributed by atoms with van der Waals surface area (Å²) in [5, 5.41) is 12.9. The molecule has 0 radical (unpaired) electrons. The second kappa shape index (κ2) is 5.66. The van der Waals surface area contributed by atoms with Crippen LogP contribution in [0.2, 0.25) is 0 Å². The zero-order chi connectivity index (χ0) is 15.6. The van der Waals surface area contributed by atoms with E-state index in [0.29, 0.717) is 5.56 Å². The standard InChI is InChI=1S/C14H10F2N2O3/c1-8-4-9(15)6-10(5-8)17-14(19)12-7-11(18(20)21)2-3-13(12)16/h2-7H,1H3,(H,17,19). The Kier molecular flexibility index (Phi) is 3.93. The molecule has 0 heterocycles. The maximum Gasteiger partial charge on any atom is 0.270 e. The molecule has 0 bridgehead atoms. The zero-order valence-electron chi connectivity index (χ0n) is 10.9. The van der Waals surface area contributed by atoms with Crippen LogP contribution in [0.3, 0.4) is 0 Å². The van der Waals surface area contributed by atoms with Gasteiger partial charge in [-0.3, -0.25) is 14.9 Å². The lowest BCUT2D eigenvalue weighted by atomic mass is 10.1. The highest BCUT2D eigenvalue weighted by atomic mass is 19.1. The minimum Gasteiger partial charge on any atom is -0.322 e. The fraction of sp³-hybridized carbons (Fsp3) is 0.0714. The summed E-state index contributed by atoms with van der Waals surface area (Å²) in [6, 6.07) is 6.46. The Labute approximate surface area is 118 Å². The lowest BCUT2D eigenvalue weighted by Gasteiger charge is -2.07. The SMILES string of the molecule is Cc1cc(F)cc(NC(=O)c2cc([N+](=O)[O-])ccc2F)c1. The summed E-state index contributed by atoms with van der Waals surface area (Å²) in [6.07, 6.45) is 0. The predicted octanol–water partition coefficient (Wildman–Crippen LogP) is 3.43. The fourth-order valence-electron chi connectivity index (χ4n) is 1.81. The van der Waals surface area contributed by atoms with Gasteiger partial charge in [0.25, 0.3) is 11.6 Å². The van der Waals surface area contributed by atoms with Crippen molar-refractivity contribution < 1.29 is 18.5 Å². The van der Waals surface area contributed by atoms with E-state index in [0.717, 1.165) is 24.3 Å². The first-order chi connectivity index (χ1) is 9.86. The first-order valence-electron chi connectivity index (χ1n) is 5.89. The van der Waals surface area contributed by atoms with E-state index in [2.05, 4.69) is 5.32 Å². The van der Waals surface area contributed by atoms with E-state index < -0.39 is 33.7 Å². The summed E-state index contributed by atoms with van der Waals surface area (Å²) >= 11 is 0. The van der Waals surface area contributed by atoms with Crippen molar-refractivity contribution in [3.05, 3.63) is 69.3 Å². The summed E-state index contributed by atoms with van der Waals surface area (Å²) in [4.78, 5) is 21.8. The van der Waals surface area contributed by atoms with Crippen LogP contribution >= 0.6 is 0 Å². The molecule has 5 nitrogen and oxygen atoms in total. The summed E-state index contributed by atoms with van der Waals surface area (Å²) in [7, 11) is 0. The lowest BCUT2D eigenvalue weighted by Crippen LogP contribution is -2.14. The number of carbonyl (C=O) groups excluding carboxylic acids is 1. The van der Waals surface area contributed by atoms with Crippen molar-refractivity contribution in [2.75, 3.05) is 5.32 Å². The minimum atomic E-state index is -0.897. The molecule has 0 unspecified atom stereocenters. The van der Waals surface area contributed by atoms with Crippen LogP contribution < -0.4 is 5.32 Å². The number of nitro benzene ring substituents is 1. The topological polar surface area (TPSA) is 72.2 Å². The Morgan fingerprint density at radius 3 is 2.52 bits per heavy atom. The number of aryl methyl sites for hydroxylation is 1. The molecule has 2 aromatic carbocycles. The number of benzene rings is 2. The molecule has 0 spiro atoms. The second-order valence-corrected chi connectivity index (χ2v) is 4.39. The highest BCUT2D eigenvalue weighted by Crippen LogP contribution is 2.19. The van der Waals surface area contributed by atoms with Gasteiger partial charge < -0.3 is 5.32 Å². The molecule has 21 heavy (non-hydrogen) atoms. The molecule has 0 aliphatic heterocycles. The third-order valence-corrected chi connectivity index (χ3v) is 2.71. The van der Waals surface area contributed by atoms with Gasteiger partial charge in [-0.15, -0.1) is 0 Å². The van der Waals surface area contributed by atoms with Gasteiger partial charge in [0.2, 0.25) is 0 Å². The maximum absolute atomic E-state index is 13.6. The number of nitrogens with zero attached hydrogens (tertiary/aromatic N) is 1. The number of hydrogen-bond acceptors (Lipinski definition) is 3. The van der Waals surface area contributed by atoms with E-state index in [1.807, 2.05) is 0 Å². The number of nitro groups is 1. The van der Waals surface area contributed by atoms with Crippen molar-refractivity contribution in [2.24, 2.45) is 0 Å². The van der Waals surface area contributed by atoms with Gasteiger partial charge >= 0.3 is 0 Å². The van der Waals surface area contributed by atoms with Crippen LogP contribution in [0.4, 0.5) is 20.2 Å². The Morgan fingerprint density at radius 2 is 1.90 bits per heavy atom. The molecule has 0 aromatic heterocycles. The lowest BCUT2D eigenvalue weighted by molar-refractivity contribution is -0.384. The van der Waals surface area contributed by atoms with Gasteiger partial charge in [-0.25, -0.2) is 8.78 Å². The molecule has 1 N–H and O–H groups in total. The second-order valence-electron chi connectivity index (χ2n) is 4.39. The molecule has 0 fully saturated rings. The highest BCUT2D eigenvalue weighted by molar-refractivity contribution is 6.04. The Bertz CT molecular complexity index is 712. The fourth-order valence-corrected chi connectivity index (χ4v) is 1.81. The molecular formula is C14H10F2N2O3. The van der Waals surface area contributed by atoms with E-state index >= 15 is 0 Å².